The minimum Gasteiger partial charge on any atom is -0.481 e. The number of aliphatic carboxylic acids is 1. The molecule has 1 heterocycles. The zero-order chi connectivity index (χ0) is 15.0. The molecule has 0 aliphatic carbocycles. The quantitative estimate of drug-likeness (QED) is 0.508. The lowest BCUT2D eigenvalue weighted by molar-refractivity contribution is -0.142. The average Bonchev–Trinajstić information content (AvgIpc) is 2.39. The zero-order valence-electron chi connectivity index (χ0n) is 12.3. The molecule has 1 fully saturated rings. The molecule has 0 spiro atoms. The molecule has 1 unspecified atom stereocenters. The third kappa shape index (κ3) is 6.21. The Morgan fingerprint density at radius 2 is 1.90 bits per heavy atom. The standard InChI is InChI=1S/C13H26N4O3/c1-10(2)11(12(18)19)9-16-13(20)15-5-8-17-6-3-14-4-7-17/h10-11,14H,3-9H2,1-2H3,(H,18,19)(H2,15,16,20). The van der Waals surface area contributed by atoms with Crippen LogP contribution in [0.2, 0.25) is 0 Å². The molecule has 1 saturated heterocycles. The van der Waals surface area contributed by atoms with Crippen LogP contribution >= 0.6 is 0 Å². The van der Waals surface area contributed by atoms with E-state index in [1.807, 2.05) is 13.8 Å². The summed E-state index contributed by atoms with van der Waals surface area (Å²) in [7, 11) is 0. The van der Waals surface area contributed by atoms with E-state index in [2.05, 4.69) is 20.9 Å². The number of hydrogen-bond acceptors (Lipinski definition) is 4. The number of amides is 2. The van der Waals surface area contributed by atoms with Gasteiger partial charge >= 0.3 is 12.0 Å². The van der Waals surface area contributed by atoms with Crippen molar-refractivity contribution in [2.45, 2.75) is 13.8 Å². The summed E-state index contributed by atoms with van der Waals surface area (Å²) in [4.78, 5) is 24.9. The highest BCUT2D eigenvalue weighted by Gasteiger charge is 2.21. The van der Waals surface area contributed by atoms with Crippen LogP contribution in [-0.2, 0) is 4.79 Å². The molecule has 1 aliphatic rings. The second-order valence-electron chi connectivity index (χ2n) is 5.42. The fourth-order valence-corrected chi connectivity index (χ4v) is 2.14. The summed E-state index contributed by atoms with van der Waals surface area (Å²) in [6.07, 6.45) is 0. The van der Waals surface area contributed by atoms with Gasteiger partial charge in [0.1, 0.15) is 0 Å². The molecule has 1 atom stereocenters. The Bertz CT molecular complexity index is 317. The number of carbonyl (C=O) groups excluding carboxylic acids is 1. The Balaban J connectivity index is 2.14. The molecule has 1 rings (SSSR count). The van der Waals surface area contributed by atoms with Crippen LogP contribution in [0.1, 0.15) is 13.8 Å². The van der Waals surface area contributed by atoms with Crippen LogP contribution in [0.3, 0.4) is 0 Å². The lowest BCUT2D eigenvalue weighted by atomic mass is 9.96. The van der Waals surface area contributed by atoms with E-state index in [-0.39, 0.29) is 18.5 Å². The number of carboxylic acid groups (broad SMARTS) is 1. The van der Waals surface area contributed by atoms with Gasteiger partial charge in [0.05, 0.1) is 5.92 Å². The van der Waals surface area contributed by atoms with Crippen molar-refractivity contribution in [3.63, 3.8) is 0 Å². The molecule has 4 N–H and O–H groups in total. The maximum absolute atomic E-state index is 11.6. The molecule has 116 valence electrons. The zero-order valence-corrected chi connectivity index (χ0v) is 12.3. The van der Waals surface area contributed by atoms with E-state index in [9.17, 15) is 9.59 Å². The van der Waals surface area contributed by atoms with Crippen molar-refractivity contribution >= 4 is 12.0 Å². The van der Waals surface area contributed by atoms with Gasteiger partial charge in [-0.15, -0.1) is 0 Å². The Morgan fingerprint density at radius 1 is 1.25 bits per heavy atom. The molecule has 0 aromatic rings. The Labute approximate surface area is 120 Å². The second kappa shape index (κ2) is 8.76. The van der Waals surface area contributed by atoms with Crippen LogP contribution in [0.25, 0.3) is 0 Å². The number of nitrogens with one attached hydrogen (secondary N) is 3. The second-order valence-corrected chi connectivity index (χ2v) is 5.42. The molecule has 0 aromatic heterocycles. The average molecular weight is 286 g/mol. The fraction of sp³-hybridized carbons (Fsp3) is 0.846. The smallest absolute Gasteiger partial charge is 0.314 e. The van der Waals surface area contributed by atoms with Gasteiger partial charge in [0, 0.05) is 45.8 Å². The first-order chi connectivity index (χ1) is 9.50. The van der Waals surface area contributed by atoms with Crippen molar-refractivity contribution in [1.82, 2.24) is 20.9 Å². The van der Waals surface area contributed by atoms with E-state index in [1.54, 1.807) is 0 Å². The van der Waals surface area contributed by atoms with Gasteiger partial charge in [-0.05, 0) is 5.92 Å². The normalized spacial score (nSPS) is 17.8. The molecule has 0 aromatic carbocycles. The summed E-state index contributed by atoms with van der Waals surface area (Å²) >= 11 is 0. The summed E-state index contributed by atoms with van der Waals surface area (Å²) in [5.74, 6) is -1.43. The van der Waals surface area contributed by atoms with Crippen LogP contribution in [0.4, 0.5) is 4.79 Å². The third-order valence-corrected chi connectivity index (χ3v) is 3.53. The monoisotopic (exact) mass is 286 g/mol. The van der Waals surface area contributed by atoms with E-state index in [1.165, 1.54) is 0 Å². The highest BCUT2D eigenvalue weighted by atomic mass is 16.4. The van der Waals surface area contributed by atoms with Crippen molar-refractivity contribution in [2.75, 3.05) is 45.8 Å². The topological polar surface area (TPSA) is 93.7 Å². The van der Waals surface area contributed by atoms with Crippen LogP contribution < -0.4 is 16.0 Å². The summed E-state index contributed by atoms with van der Waals surface area (Å²) < 4.78 is 0. The first-order valence-electron chi connectivity index (χ1n) is 7.18. The van der Waals surface area contributed by atoms with E-state index in [0.717, 1.165) is 32.7 Å². The number of carboxylic acids is 1. The van der Waals surface area contributed by atoms with E-state index >= 15 is 0 Å². The molecule has 0 saturated carbocycles. The fourth-order valence-electron chi connectivity index (χ4n) is 2.14. The molecular formula is C13H26N4O3. The molecule has 2 amide bonds. The first-order valence-corrected chi connectivity index (χ1v) is 7.18. The minimum atomic E-state index is -0.874. The number of carbonyl (C=O) groups is 2. The maximum Gasteiger partial charge on any atom is 0.314 e. The molecular weight excluding hydrogens is 260 g/mol. The van der Waals surface area contributed by atoms with E-state index in [0.29, 0.717) is 6.54 Å². The van der Waals surface area contributed by atoms with Crippen molar-refractivity contribution < 1.29 is 14.7 Å². The molecule has 0 radical (unpaired) electrons. The summed E-state index contributed by atoms with van der Waals surface area (Å²) in [5, 5.41) is 17.7. The van der Waals surface area contributed by atoms with Crippen molar-refractivity contribution in [2.24, 2.45) is 11.8 Å². The maximum atomic E-state index is 11.6. The molecule has 20 heavy (non-hydrogen) atoms. The Morgan fingerprint density at radius 3 is 2.45 bits per heavy atom. The van der Waals surface area contributed by atoms with Gasteiger partial charge in [-0.2, -0.15) is 0 Å². The molecule has 0 bridgehead atoms. The third-order valence-electron chi connectivity index (χ3n) is 3.53. The number of piperazine rings is 1. The van der Waals surface area contributed by atoms with Gasteiger partial charge in [0.15, 0.2) is 0 Å². The van der Waals surface area contributed by atoms with Gasteiger partial charge in [-0.3, -0.25) is 9.69 Å². The van der Waals surface area contributed by atoms with Gasteiger partial charge in [0.2, 0.25) is 0 Å². The Hall–Kier alpha value is -1.34. The van der Waals surface area contributed by atoms with Crippen molar-refractivity contribution in [1.29, 1.82) is 0 Å². The lowest BCUT2D eigenvalue weighted by Gasteiger charge is -2.27. The SMILES string of the molecule is CC(C)C(CNC(=O)NCCN1CCNCC1)C(=O)O. The van der Waals surface area contributed by atoms with Crippen LogP contribution in [0.5, 0.6) is 0 Å². The number of hydrogen-bond donors (Lipinski definition) is 4. The highest BCUT2D eigenvalue weighted by Crippen LogP contribution is 2.09. The van der Waals surface area contributed by atoms with Gasteiger partial charge in [-0.1, -0.05) is 13.8 Å². The van der Waals surface area contributed by atoms with Crippen LogP contribution in [0.15, 0.2) is 0 Å². The number of nitrogens with zero attached hydrogens (tertiary/aromatic N) is 1. The summed E-state index contributed by atoms with van der Waals surface area (Å²) in [5.41, 5.74) is 0. The van der Waals surface area contributed by atoms with E-state index < -0.39 is 11.9 Å². The van der Waals surface area contributed by atoms with Crippen LogP contribution in [-0.4, -0.2) is 67.8 Å². The van der Waals surface area contributed by atoms with Crippen LogP contribution in [0, 0.1) is 11.8 Å². The highest BCUT2D eigenvalue weighted by molar-refractivity contribution is 5.75. The molecule has 7 nitrogen and oxygen atoms in total. The van der Waals surface area contributed by atoms with Gasteiger partial charge in [-0.25, -0.2) is 4.79 Å². The summed E-state index contributed by atoms with van der Waals surface area (Å²) in [6, 6.07) is -0.299. The lowest BCUT2D eigenvalue weighted by Crippen LogP contribution is -2.48. The minimum absolute atomic E-state index is 0.00588. The van der Waals surface area contributed by atoms with Crippen molar-refractivity contribution in [3.05, 3.63) is 0 Å². The van der Waals surface area contributed by atoms with Gasteiger partial charge < -0.3 is 21.1 Å². The first kappa shape index (κ1) is 16.7. The number of rotatable bonds is 7. The number of urea groups is 1. The Kier molecular flexibility index (Phi) is 7.32. The van der Waals surface area contributed by atoms with E-state index in [4.69, 9.17) is 5.11 Å². The largest absolute Gasteiger partial charge is 0.481 e. The van der Waals surface area contributed by atoms with Gasteiger partial charge in [0.25, 0.3) is 0 Å². The summed E-state index contributed by atoms with van der Waals surface area (Å²) in [6.45, 7) is 9.20. The predicted molar refractivity (Wildman–Crippen MR) is 76.7 cm³/mol. The van der Waals surface area contributed by atoms with Crippen molar-refractivity contribution in [3.8, 4) is 0 Å². The molecule has 7 heteroatoms. The molecule has 1 aliphatic heterocycles. The predicted octanol–water partition coefficient (Wildman–Crippen LogP) is -0.452.